The van der Waals surface area contributed by atoms with E-state index in [2.05, 4.69) is 15.6 Å². The van der Waals surface area contributed by atoms with Gasteiger partial charge in [0.25, 0.3) is 5.91 Å². The molecule has 1 heterocycles. The van der Waals surface area contributed by atoms with Crippen molar-refractivity contribution < 1.29 is 19.1 Å². The lowest BCUT2D eigenvalue weighted by Gasteiger charge is -2.10. The van der Waals surface area contributed by atoms with Crippen molar-refractivity contribution in [2.75, 3.05) is 32.7 Å². The molecule has 0 bridgehead atoms. The number of rotatable bonds is 8. The van der Waals surface area contributed by atoms with E-state index in [1.165, 1.54) is 13.3 Å². The second kappa shape index (κ2) is 9.74. The monoisotopic (exact) mass is 377 g/mol. The number of carbonyl (C=O) groups excluding carboxylic acids is 2. The summed E-state index contributed by atoms with van der Waals surface area (Å²) < 4.78 is 9.62. The van der Waals surface area contributed by atoms with Crippen molar-refractivity contribution in [1.29, 1.82) is 0 Å². The molecule has 1 aromatic carbocycles. The number of nitrogens with zero attached hydrogens (tertiary/aromatic N) is 1. The molecule has 2 rings (SSSR count). The quantitative estimate of drug-likeness (QED) is 0.543. The van der Waals surface area contributed by atoms with Gasteiger partial charge in [-0.3, -0.25) is 4.79 Å². The van der Waals surface area contributed by atoms with E-state index >= 15 is 0 Å². The van der Waals surface area contributed by atoms with Crippen molar-refractivity contribution in [2.45, 2.75) is 6.42 Å². The lowest BCUT2D eigenvalue weighted by Crippen LogP contribution is -2.25. The molecule has 7 nitrogen and oxygen atoms in total. The highest BCUT2D eigenvalue weighted by atomic mass is 35.5. The van der Waals surface area contributed by atoms with Crippen LogP contribution < -0.4 is 10.6 Å². The molecule has 1 amide bonds. The fraction of sp³-hybridized carbons (Fsp3) is 0.278. The van der Waals surface area contributed by atoms with Gasteiger partial charge in [0.1, 0.15) is 5.82 Å². The van der Waals surface area contributed by atoms with E-state index in [1.807, 2.05) is 0 Å². The number of methoxy groups -OCH3 is 2. The van der Waals surface area contributed by atoms with Crippen LogP contribution in [0.1, 0.15) is 27.1 Å². The van der Waals surface area contributed by atoms with E-state index in [4.69, 9.17) is 21.1 Å². The van der Waals surface area contributed by atoms with Crippen LogP contribution in [0.3, 0.4) is 0 Å². The first-order valence-electron chi connectivity index (χ1n) is 7.93. The molecule has 2 aromatic rings. The molecule has 0 radical (unpaired) electrons. The van der Waals surface area contributed by atoms with E-state index in [-0.39, 0.29) is 5.91 Å². The highest BCUT2D eigenvalue weighted by Crippen LogP contribution is 2.26. The van der Waals surface area contributed by atoms with Gasteiger partial charge in [0.15, 0.2) is 0 Å². The van der Waals surface area contributed by atoms with E-state index in [0.29, 0.717) is 40.8 Å². The summed E-state index contributed by atoms with van der Waals surface area (Å²) in [4.78, 5) is 27.8. The van der Waals surface area contributed by atoms with Gasteiger partial charge in [-0.1, -0.05) is 11.6 Å². The summed E-state index contributed by atoms with van der Waals surface area (Å²) in [5.74, 6) is -0.172. The Labute approximate surface area is 156 Å². The Morgan fingerprint density at radius 2 is 1.92 bits per heavy atom. The molecule has 0 fully saturated rings. The molecule has 0 atom stereocenters. The highest BCUT2D eigenvalue weighted by molar-refractivity contribution is 6.33. The minimum Gasteiger partial charge on any atom is -0.465 e. The summed E-state index contributed by atoms with van der Waals surface area (Å²) in [6, 6.07) is 8.05. The number of carbonyl (C=O) groups is 2. The number of hydrogen-bond acceptors (Lipinski definition) is 6. The number of esters is 1. The van der Waals surface area contributed by atoms with Gasteiger partial charge in [-0.15, -0.1) is 0 Å². The third-order valence-corrected chi connectivity index (χ3v) is 3.82. The molecule has 26 heavy (non-hydrogen) atoms. The molecule has 138 valence electrons. The number of pyridine rings is 1. The van der Waals surface area contributed by atoms with Crippen molar-refractivity contribution in [1.82, 2.24) is 10.3 Å². The van der Waals surface area contributed by atoms with Crippen LogP contribution in [0.5, 0.6) is 0 Å². The van der Waals surface area contributed by atoms with Crippen LogP contribution >= 0.6 is 11.6 Å². The predicted octanol–water partition coefficient (Wildman–Crippen LogP) is 3.03. The average Bonchev–Trinajstić information content (AvgIpc) is 2.66. The van der Waals surface area contributed by atoms with Gasteiger partial charge in [-0.25, -0.2) is 9.78 Å². The summed E-state index contributed by atoms with van der Waals surface area (Å²) in [6.07, 6.45) is 2.20. The largest absolute Gasteiger partial charge is 0.465 e. The predicted molar refractivity (Wildman–Crippen MR) is 99.1 cm³/mol. The third kappa shape index (κ3) is 5.44. The van der Waals surface area contributed by atoms with Crippen molar-refractivity contribution in [3.05, 3.63) is 52.7 Å². The molecule has 0 spiro atoms. The van der Waals surface area contributed by atoms with Gasteiger partial charge in [0.2, 0.25) is 0 Å². The first-order chi connectivity index (χ1) is 12.5. The molecule has 0 aliphatic heterocycles. The normalized spacial score (nSPS) is 10.3. The molecule has 0 saturated heterocycles. The molecule has 2 N–H and O–H groups in total. The Morgan fingerprint density at radius 3 is 2.58 bits per heavy atom. The first-order valence-corrected chi connectivity index (χ1v) is 8.31. The summed E-state index contributed by atoms with van der Waals surface area (Å²) >= 11 is 6.14. The van der Waals surface area contributed by atoms with Gasteiger partial charge in [-0.05, 0) is 36.8 Å². The summed E-state index contributed by atoms with van der Waals surface area (Å²) in [7, 11) is 2.93. The van der Waals surface area contributed by atoms with Gasteiger partial charge in [0, 0.05) is 26.5 Å². The lowest BCUT2D eigenvalue weighted by atomic mass is 10.2. The topological polar surface area (TPSA) is 89.6 Å². The maximum absolute atomic E-state index is 12.0. The molecule has 8 heteroatoms. The Morgan fingerprint density at radius 1 is 1.15 bits per heavy atom. The minimum absolute atomic E-state index is 0.203. The number of anilines is 2. The highest BCUT2D eigenvalue weighted by Gasteiger charge is 2.10. The van der Waals surface area contributed by atoms with Crippen LogP contribution in [-0.2, 0) is 9.47 Å². The van der Waals surface area contributed by atoms with Crippen LogP contribution in [0.15, 0.2) is 36.5 Å². The van der Waals surface area contributed by atoms with Crippen molar-refractivity contribution >= 4 is 35.0 Å². The molecule has 0 saturated carbocycles. The third-order valence-electron chi connectivity index (χ3n) is 3.49. The zero-order valence-corrected chi connectivity index (χ0v) is 15.3. The lowest BCUT2D eigenvalue weighted by molar-refractivity contribution is 0.0600. The van der Waals surface area contributed by atoms with Gasteiger partial charge in [-0.2, -0.15) is 0 Å². The molecule has 0 unspecified atom stereocenters. The van der Waals surface area contributed by atoms with Crippen molar-refractivity contribution in [2.24, 2.45) is 0 Å². The van der Waals surface area contributed by atoms with Crippen LogP contribution in [0.2, 0.25) is 5.02 Å². The van der Waals surface area contributed by atoms with Crippen LogP contribution in [0.4, 0.5) is 11.5 Å². The number of amides is 1. The van der Waals surface area contributed by atoms with Crippen molar-refractivity contribution in [3.63, 3.8) is 0 Å². The Bertz CT molecular complexity index is 766. The van der Waals surface area contributed by atoms with Crippen LogP contribution in [0, 0.1) is 0 Å². The average molecular weight is 378 g/mol. The second-order valence-corrected chi connectivity index (χ2v) is 5.75. The second-order valence-electron chi connectivity index (χ2n) is 5.35. The van der Waals surface area contributed by atoms with Crippen LogP contribution in [0.25, 0.3) is 0 Å². The molecule has 1 aromatic heterocycles. The summed E-state index contributed by atoms with van der Waals surface area (Å²) in [5, 5.41) is 6.24. The Hall–Kier alpha value is -2.64. The molecule has 0 aliphatic rings. The summed E-state index contributed by atoms with van der Waals surface area (Å²) in [6.45, 7) is 1.12. The number of nitrogens with one attached hydrogen (secondary N) is 2. The molecular weight excluding hydrogens is 358 g/mol. The standard InChI is InChI=1S/C18H20ClN3O4/c1-25-9-3-8-20-17(23)13-5-7-16(21-11-13)22-15-10-12(18(24)26-2)4-6-14(15)19/h4-7,10-11H,3,8-9H2,1-2H3,(H,20,23)(H,21,22). The zero-order valence-electron chi connectivity index (χ0n) is 14.5. The van der Waals surface area contributed by atoms with Gasteiger partial charge < -0.3 is 20.1 Å². The van der Waals surface area contributed by atoms with Gasteiger partial charge >= 0.3 is 5.97 Å². The smallest absolute Gasteiger partial charge is 0.337 e. The SMILES string of the molecule is COCCCNC(=O)c1ccc(Nc2cc(C(=O)OC)ccc2Cl)nc1. The maximum Gasteiger partial charge on any atom is 0.337 e. The van der Waals surface area contributed by atoms with E-state index in [9.17, 15) is 9.59 Å². The number of halogens is 1. The van der Waals surface area contributed by atoms with Crippen LogP contribution in [-0.4, -0.2) is 44.2 Å². The number of ether oxygens (including phenoxy) is 2. The number of benzene rings is 1. The van der Waals surface area contributed by atoms with Gasteiger partial charge in [0.05, 0.1) is 28.9 Å². The van der Waals surface area contributed by atoms with E-state index in [0.717, 1.165) is 6.42 Å². The summed E-state index contributed by atoms with van der Waals surface area (Å²) in [5.41, 5.74) is 1.33. The van der Waals surface area contributed by atoms with E-state index < -0.39 is 5.97 Å². The first kappa shape index (κ1) is 19.7. The maximum atomic E-state index is 12.0. The molecule has 0 aliphatic carbocycles. The molecular formula is C18H20ClN3O4. The minimum atomic E-state index is -0.460. The Balaban J connectivity index is 2.03. The zero-order chi connectivity index (χ0) is 18.9. The van der Waals surface area contributed by atoms with E-state index in [1.54, 1.807) is 37.4 Å². The number of aromatic nitrogens is 1. The number of hydrogen-bond donors (Lipinski definition) is 2. The Kier molecular flexibility index (Phi) is 7.37. The van der Waals surface area contributed by atoms with Crippen molar-refractivity contribution in [3.8, 4) is 0 Å². The fourth-order valence-corrected chi connectivity index (χ4v) is 2.29. The fourth-order valence-electron chi connectivity index (χ4n) is 2.13.